The van der Waals surface area contributed by atoms with Crippen LogP contribution < -0.4 is 15.4 Å². The molecule has 21 heavy (non-hydrogen) atoms. The first-order chi connectivity index (χ1) is 10.2. The summed E-state index contributed by atoms with van der Waals surface area (Å²) in [6.07, 6.45) is 5.44. The molecule has 1 aliphatic heterocycles. The lowest BCUT2D eigenvalue weighted by molar-refractivity contribution is -0.118. The van der Waals surface area contributed by atoms with E-state index in [2.05, 4.69) is 23.6 Å². The zero-order valence-electron chi connectivity index (χ0n) is 12.7. The van der Waals surface area contributed by atoms with Crippen LogP contribution in [-0.2, 0) is 11.3 Å². The molecule has 1 amide bonds. The van der Waals surface area contributed by atoms with E-state index in [1.807, 2.05) is 12.1 Å². The van der Waals surface area contributed by atoms with Gasteiger partial charge in [0.1, 0.15) is 5.75 Å². The van der Waals surface area contributed by atoms with Crippen molar-refractivity contribution in [1.29, 1.82) is 0 Å². The highest BCUT2D eigenvalue weighted by molar-refractivity contribution is 5.95. The molecule has 4 heteroatoms. The predicted octanol–water partition coefficient (Wildman–Crippen LogP) is 2.93. The molecule has 114 valence electrons. The summed E-state index contributed by atoms with van der Waals surface area (Å²) < 4.78 is 5.37. The minimum Gasteiger partial charge on any atom is -0.482 e. The van der Waals surface area contributed by atoms with Gasteiger partial charge in [-0.1, -0.05) is 25.8 Å². The monoisotopic (exact) mass is 288 g/mol. The zero-order valence-corrected chi connectivity index (χ0v) is 12.7. The molecule has 1 aromatic rings. The number of ether oxygens (including phenoxy) is 1. The number of fused-ring (bicyclic) bond motifs is 1. The van der Waals surface area contributed by atoms with E-state index in [4.69, 9.17) is 4.74 Å². The van der Waals surface area contributed by atoms with Gasteiger partial charge in [-0.25, -0.2) is 0 Å². The molecule has 0 unspecified atom stereocenters. The SMILES string of the molecule is CC1CCC(CNCc2ccc3c(c2)NC(=O)CO3)CC1. The Kier molecular flexibility index (Phi) is 4.44. The standard InChI is InChI=1S/C17H24N2O2/c1-12-2-4-13(5-3-12)9-18-10-14-6-7-16-15(8-14)19-17(20)11-21-16/h6-8,12-13,18H,2-5,9-11H2,1H3,(H,19,20). The lowest BCUT2D eigenvalue weighted by Crippen LogP contribution is -2.27. The molecular formula is C17H24N2O2. The van der Waals surface area contributed by atoms with Crippen LogP contribution in [0.2, 0.25) is 0 Å². The first-order valence-corrected chi connectivity index (χ1v) is 7.97. The van der Waals surface area contributed by atoms with Gasteiger partial charge < -0.3 is 15.4 Å². The van der Waals surface area contributed by atoms with Gasteiger partial charge in [-0.15, -0.1) is 0 Å². The van der Waals surface area contributed by atoms with Gasteiger partial charge in [0, 0.05) is 6.54 Å². The molecule has 0 atom stereocenters. The summed E-state index contributed by atoms with van der Waals surface area (Å²) in [4.78, 5) is 11.3. The minimum absolute atomic E-state index is 0.0797. The molecule has 3 rings (SSSR count). The molecule has 1 aliphatic carbocycles. The van der Waals surface area contributed by atoms with Crippen LogP contribution in [0.1, 0.15) is 38.2 Å². The molecule has 0 aromatic heterocycles. The number of carbonyl (C=O) groups is 1. The van der Waals surface area contributed by atoms with Crippen LogP contribution in [0.5, 0.6) is 5.75 Å². The van der Waals surface area contributed by atoms with Crippen LogP contribution in [0.15, 0.2) is 18.2 Å². The number of carbonyl (C=O) groups excluding carboxylic acids is 1. The van der Waals surface area contributed by atoms with Crippen molar-refractivity contribution < 1.29 is 9.53 Å². The number of nitrogens with one attached hydrogen (secondary N) is 2. The van der Waals surface area contributed by atoms with E-state index in [-0.39, 0.29) is 12.5 Å². The van der Waals surface area contributed by atoms with E-state index in [0.29, 0.717) is 0 Å². The molecule has 0 bridgehead atoms. The Morgan fingerprint density at radius 3 is 2.90 bits per heavy atom. The fourth-order valence-electron chi connectivity index (χ4n) is 3.19. The second-order valence-corrected chi connectivity index (χ2v) is 6.42. The van der Waals surface area contributed by atoms with Crippen molar-refractivity contribution in [1.82, 2.24) is 5.32 Å². The Morgan fingerprint density at radius 1 is 1.29 bits per heavy atom. The number of hydrogen-bond acceptors (Lipinski definition) is 3. The second-order valence-electron chi connectivity index (χ2n) is 6.42. The highest BCUT2D eigenvalue weighted by Gasteiger charge is 2.18. The highest BCUT2D eigenvalue weighted by Crippen LogP contribution is 2.29. The molecule has 1 fully saturated rings. The molecule has 1 aromatic carbocycles. The maximum atomic E-state index is 11.3. The molecular weight excluding hydrogens is 264 g/mol. The highest BCUT2D eigenvalue weighted by atomic mass is 16.5. The second kappa shape index (κ2) is 6.48. The average Bonchev–Trinajstić information content (AvgIpc) is 2.49. The average molecular weight is 288 g/mol. The third-order valence-electron chi connectivity index (χ3n) is 4.57. The Balaban J connectivity index is 1.49. The predicted molar refractivity (Wildman–Crippen MR) is 83.4 cm³/mol. The van der Waals surface area contributed by atoms with Gasteiger partial charge in [0.2, 0.25) is 0 Å². The van der Waals surface area contributed by atoms with E-state index in [9.17, 15) is 4.79 Å². The molecule has 0 saturated heterocycles. The van der Waals surface area contributed by atoms with Gasteiger partial charge in [-0.2, -0.15) is 0 Å². The van der Waals surface area contributed by atoms with Crippen LogP contribution >= 0.6 is 0 Å². The van der Waals surface area contributed by atoms with Crippen molar-refractivity contribution in [2.24, 2.45) is 11.8 Å². The minimum atomic E-state index is -0.0797. The molecule has 4 nitrogen and oxygen atoms in total. The Bertz CT molecular complexity index is 508. The quantitative estimate of drug-likeness (QED) is 0.895. The molecule has 0 spiro atoms. The van der Waals surface area contributed by atoms with Crippen LogP contribution in [-0.4, -0.2) is 19.1 Å². The topological polar surface area (TPSA) is 50.4 Å². The summed E-state index contributed by atoms with van der Waals surface area (Å²) in [6, 6.07) is 6.00. The van der Waals surface area contributed by atoms with Gasteiger partial charge in [0.05, 0.1) is 5.69 Å². The van der Waals surface area contributed by atoms with Gasteiger partial charge in [0.15, 0.2) is 6.61 Å². The first kappa shape index (κ1) is 14.4. The molecule has 2 N–H and O–H groups in total. The molecule has 1 heterocycles. The van der Waals surface area contributed by atoms with Crippen molar-refractivity contribution in [3.63, 3.8) is 0 Å². The summed E-state index contributed by atoms with van der Waals surface area (Å²) >= 11 is 0. The summed E-state index contributed by atoms with van der Waals surface area (Å²) in [5.41, 5.74) is 1.97. The van der Waals surface area contributed by atoms with E-state index >= 15 is 0 Å². The van der Waals surface area contributed by atoms with Crippen molar-refractivity contribution in [2.75, 3.05) is 18.5 Å². The smallest absolute Gasteiger partial charge is 0.262 e. The lowest BCUT2D eigenvalue weighted by atomic mass is 9.83. The normalized spacial score (nSPS) is 24.9. The van der Waals surface area contributed by atoms with E-state index in [1.54, 1.807) is 0 Å². The largest absolute Gasteiger partial charge is 0.482 e. The Labute approximate surface area is 126 Å². The van der Waals surface area contributed by atoms with Crippen LogP contribution in [0.4, 0.5) is 5.69 Å². The van der Waals surface area contributed by atoms with Crippen molar-refractivity contribution in [2.45, 2.75) is 39.2 Å². The van der Waals surface area contributed by atoms with Gasteiger partial charge in [-0.05, 0) is 48.9 Å². The fourth-order valence-corrected chi connectivity index (χ4v) is 3.19. The molecule has 2 aliphatic rings. The Hall–Kier alpha value is -1.55. The number of anilines is 1. The van der Waals surface area contributed by atoms with Gasteiger partial charge in [0.25, 0.3) is 5.91 Å². The van der Waals surface area contributed by atoms with Crippen molar-refractivity contribution in [3.8, 4) is 5.75 Å². The lowest BCUT2D eigenvalue weighted by Gasteiger charge is -2.26. The van der Waals surface area contributed by atoms with Gasteiger partial charge >= 0.3 is 0 Å². The van der Waals surface area contributed by atoms with Crippen molar-refractivity contribution >= 4 is 11.6 Å². The first-order valence-electron chi connectivity index (χ1n) is 7.97. The Morgan fingerprint density at radius 2 is 2.10 bits per heavy atom. The van der Waals surface area contributed by atoms with Crippen LogP contribution in [0.25, 0.3) is 0 Å². The molecule has 1 saturated carbocycles. The maximum absolute atomic E-state index is 11.3. The molecule has 0 radical (unpaired) electrons. The summed E-state index contributed by atoms with van der Waals surface area (Å²) in [5.74, 6) is 2.41. The van der Waals surface area contributed by atoms with E-state index in [1.165, 1.54) is 31.2 Å². The van der Waals surface area contributed by atoms with Crippen LogP contribution in [0.3, 0.4) is 0 Å². The van der Waals surface area contributed by atoms with E-state index < -0.39 is 0 Å². The van der Waals surface area contributed by atoms with Crippen molar-refractivity contribution in [3.05, 3.63) is 23.8 Å². The number of benzene rings is 1. The number of rotatable bonds is 4. The van der Waals surface area contributed by atoms with Gasteiger partial charge in [-0.3, -0.25) is 4.79 Å². The fraction of sp³-hybridized carbons (Fsp3) is 0.588. The summed E-state index contributed by atoms with van der Waals surface area (Å²) in [5, 5.41) is 6.40. The van der Waals surface area contributed by atoms with Crippen LogP contribution in [0, 0.1) is 11.8 Å². The third-order valence-corrected chi connectivity index (χ3v) is 4.57. The number of hydrogen-bond donors (Lipinski definition) is 2. The number of amides is 1. The summed E-state index contributed by atoms with van der Waals surface area (Å²) in [6.45, 7) is 4.40. The van der Waals surface area contributed by atoms with E-state index in [0.717, 1.165) is 36.4 Å². The summed E-state index contributed by atoms with van der Waals surface area (Å²) in [7, 11) is 0. The maximum Gasteiger partial charge on any atom is 0.262 e. The third kappa shape index (κ3) is 3.76. The zero-order chi connectivity index (χ0) is 14.7.